The summed E-state index contributed by atoms with van der Waals surface area (Å²) < 4.78 is 0. The highest BCUT2D eigenvalue weighted by molar-refractivity contribution is 5.03. The number of hydrogen-bond acceptors (Lipinski definition) is 3. The molecule has 0 amide bonds. The summed E-state index contributed by atoms with van der Waals surface area (Å²) in [5.41, 5.74) is 0. The van der Waals surface area contributed by atoms with Crippen molar-refractivity contribution in [2.24, 2.45) is 11.8 Å². The lowest BCUT2D eigenvalue weighted by Gasteiger charge is -2.19. The molecule has 0 saturated heterocycles. The molecule has 3 heteroatoms. The first-order valence-corrected chi connectivity index (χ1v) is 7.32. The lowest BCUT2D eigenvalue weighted by molar-refractivity contribution is 0.118. The number of unbranched alkanes of at least 4 members (excludes halogenated alkanes) is 2. The van der Waals surface area contributed by atoms with Crippen molar-refractivity contribution in [3.8, 4) is 0 Å². The number of rotatable bonds is 7. The Hall–Kier alpha value is -0.380. The molecule has 0 aromatic rings. The van der Waals surface area contributed by atoms with E-state index in [1.54, 1.807) is 6.08 Å². The topological polar surface area (TPSA) is 60.7 Å². The van der Waals surface area contributed by atoms with Crippen LogP contribution in [-0.4, -0.2) is 33.6 Å². The Morgan fingerprint density at radius 1 is 1.17 bits per heavy atom. The fraction of sp³-hybridized carbons (Fsp3) is 0.867. The van der Waals surface area contributed by atoms with Gasteiger partial charge in [-0.3, -0.25) is 0 Å². The van der Waals surface area contributed by atoms with Crippen LogP contribution in [0.3, 0.4) is 0 Å². The van der Waals surface area contributed by atoms with E-state index in [0.29, 0.717) is 6.42 Å². The molecule has 1 fully saturated rings. The summed E-state index contributed by atoms with van der Waals surface area (Å²) in [6, 6.07) is 0. The lowest BCUT2D eigenvalue weighted by atomic mass is 9.90. The molecule has 1 aliphatic rings. The maximum Gasteiger partial charge on any atom is 0.0721 e. The zero-order valence-electron chi connectivity index (χ0n) is 11.6. The Labute approximate surface area is 111 Å². The van der Waals surface area contributed by atoms with Gasteiger partial charge in [-0.2, -0.15) is 0 Å². The highest BCUT2D eigenvalue weighted by atomic mass is 16.3. The van der Waals surface area contributed by atoms with Gasteiger partial charge in [0.25, 0.3) is 0 Å². The molecule has 0 aromatic carbocycles. The van der Waals surface area contributed by atoms with Crippen molar-refractivity contribution in [1.82, 2.24) is 0 Å². The van der Waals surface area contributed by atoms with Gasteiger partial charge < -0.3 is 15.3 Å². The maximum absolute atomic E-state index is 9.90. The van der Waals surface area contributed by atoms with Gasteiger partial charge in [0.2, 0.25) is 0 Å². The molecule has 1 aliphatic carbocycles. The fourth-order valence-electron chi connectivity index (χ4n) is 2.89. The molecular weight excluding hydrogens is 228 g/mol. The molecule has 5 atom stereocenters. The van der Waals surface area contributed by atoms with Crippen molar-refractivity contribution in [1.29, 1.82) is 0 Å². The quantitative estimate of drug-likeness (QED) is 0.483. The van der Waals surface area contributed by atoms with Gasteiger partial charge in [-0.15, -0.1) is 0 Å². The van der Waals surface area contributed by atoms with E-state index in [9.17, 15) is 15.3 Å². The third-order valence-electron chi connectivity index (χ3n) is 4.05. The SMILES string of the molecule is CCCCC[C@H](O)/C=C/[C@@H]1[C@@H](CC)[C@@H](O)C[C@H]1O. The highest BCUT2D eigenvalue weighted by Gasteiger charge is 2.38. The highest BCUT2D eigenvalue weighted by Crippen LogP contribution is 2.35. The van der Waals surface area contributed by atoms with Gasteiger partial charge in [0, 0.05) is 12.3 Å². The van der Waals surface area contributed by atoms with Crippen LogP contribution >= 0.6 is 0 Å². The second-order valence-electron chi connectivity index (χ2n) is 5.47. The minimum atomic E-state index is -0.468. The molecule has 0 bridgehead atoms. The minimum absolute atomic E-state index is 0.00850. The largest absolute Gasteiger partial charge is 0.393 e. The van der Waals surface area contributed by atoms with Crippen molar-refractivity contribution in [3.63, 3.8) is 0 Å². The average molecular weight is 256 g/mol. The number of aliphatic hydroxyl groups excluding tert-OH is 3. The van der Waals surface area contributed by atoms with Gasteiger partial charge in [-0.25, -0.2) is 0 Å². The van der Waals surface area contributed by atoms with Crippen molar-refractivity contribution in [2.75, 3.05) is 0 Å². The molecule has 18 heavy (non-hydrogen) atoms. The summed E-state index contributed by atoms with van der Waals surface area (Å²) in [5.74, 6) is 0.116. The molecule has 0 aromatic heterocycles. The van der Waals surface area contributed by atoms with Crippen LogP contribution in [0.5, 0.6) is 0 Å². The Morgan fingerprint density at radius 2 is 1.89 bits per heavy atom. The van der Waals surface area contributed by atoms with Crippen LogP contribution in [0, 0.1) is 11.8 Å². The zero-order valence-corrected chi connectivity index (χ0v) is 11.6. The van der Waals surface area contributed by atoms with E-state index in [1.807, 2.05) is 13.0 Å². The van der Waals surface area contributed by atoms with E-state index in [1.165, 1.54) is 0 Å². The standard InChI is InChI=1S/C15H28O3/c1-3-5-6-7-11(16)8-9-13-12(4-2)14(17)10-15(13)18/h8-9,11-18H,3-7,10H2,1-2H3/b9-8+/t11-,12+,13+,14-,15+/m0/s1. The first-order chi connectivity index (χ1) is 8.60. The summed E-state index contributed by atoms with van der Waals surface area (Å²) in [7, 11) is 0. The Bertz CT molecular complexity index is 252. The Balaban J connectivity index is 2.44. The third-order valence-corrected chi connectivity index (χ3v) is 4.05. The van der Waals surface area contributed by atoms with Crippen LogP contribution in [-0.2, 0) is 0 Å². The molecule has 0 unspecified atom stereocenters. The predicted molar refractivity (Wildman–Crippen MR) is 73.2 cm³/mol. The van der Waals surface area contributed by atoms with E-state index >= 15 is 0 Å². The molecule has 3 N–H and O–H groups in total. The van der Waals surface area contributed by atoms with Gasteiger partial charge in [-0.1, -0.05) is 51.7 Å². The molecule has 0 aliphatic heterocycles. The normalized spacial score (nSPS) is 34.3. The van der Waals surface area contributed by atoms with Crippen LogP contribution < -0.4 is 0 Å². The van der Waals surface area contributed by atoms with E-state index in [-0.39, 0.29) is 11.8 Å². The van der Waals surface area contributed by atoms with E-state index in [4.69, 9.17) is 0 Å². The summed E-state index contributed by atoms with van der Waals surface area (Å²) in [6.07, 6.45) is 7.85. The summed E-state index contributed by atoms with van der Waals surface area (Å²) >= 11 is 0. The lowest BCUT2D eigenvalue weighted by Crippen LogP contribution is -2.20. The number of hydrogen-bond donors (Lipinski definition) is 3. The van der Waals surface area contributed by atoms with Crippen LogP contribution in [0.1, 0.15) is 52.4 Å². The van der Waals surface area contributed by atoms with Crippen molar-refractivity contribution < 1.29 is 15.3 Å². The van der Waals surface area contributed by atoms with Gasteiger partial charge in [-0.05, 0) is 12.3 Å². The van der Waals surface area contributed by atoms with Gasteiger partial charge in [0.1, 0.15) is 0 Å². The Kier molecular flexibility index (Phi) is 6.90. The first-order valence-electron chi connectivity index (χ1n) is 7.32. The average Bonchev–Trinajstić information content (AvgIpc) is 2.61. The molecule has 3 nitrogen and oxygen atoms in total. The number of aliphatic hydroxyl groups is 3. The predicted octanol–water partition coefficient (Wildman–Crippen LogP) is 2.25. The van der Waals surface area contributed by atoms with Gasteiger partial charge in [0.15, 0.2) is 0 Å². The van der Waals surface area contributed by atoms with Gasteiger partial charge in [0.05, 0.1) is 18.3 Å². The molecular formula is C15H28O3. The zero-order chi connectivity index (χ0) is 13.5. The van der Waals surface area contributed by atoms with Crippen LogP contribution in [0.25, 0.3) is 0 Å². The summed E-state index contributed by atoms with van der Waals surface area (Å²) in [4.78, 5) is 0. The fourth-order valence-corrected chi connectivity index (χ4v) is 2.89. The van der Waals surface area contributed by atoms with Crippen molar-refractivity contribution >= 4 is 0 Å². The second-order valence-corrected chi connectivity index (χ2v) is 5.47. The minimum Gasteiger partial charge on any atom is -0.393 e. The summed E-state index contributed by atoms with van der Waals surface area (Å²) in [6.45, 7) is 4.18. The smallest absolute Gasteiger partial charge is 0.0721 e. The molecule has 0 spiro atoms. The monoisotopic (exact) mass is 256 g/mol. The first kappa shape index (κ1) is 15.7. The Morgan fingerprint density at radius 3 is 2.50 bits per heavy atom. The second kappa shape index (κ2) is 7.93. The van der Waals surface area contributed by atoms with Crippen molar-refractivity contribution in [3.05, 3.63) is 12.2 Å². The third kappa shape index (κ3) is 4.38. The molecule has 0 radical (unpaired) electrons. The van der Waals surface area contributed by atoms with E-state index < -0.39 is 18.3 Å². The van der Waals surface area contributed by atoms with Crippen molar-refractivity contribution in [2.45, 2.75) is 70.7 Å². The summed E-state index contributed by atoms with van der Waals surface area (Å²) in [5, 5.41) is 29.5. The van der Waals surface area contributed by atoms with Crippen LogP contribution in [0.15, 0.2) is 12.2 Å². The molecule has 1 rings (SSSR count). The molecule has 106 valence electrons. The van der Waals surface area contributed by atoms with Crippen LogP contribution in [0.2, 0.25) is 0 Å². The van der Waals surface area contributed by atoms with Gasteiger partial charge >= 0.3 is 0 Å². The molecule has 0 heterocycles. The molecule has 1 saturated carbocycles. The van der Waals surface area contributed by atoms with E-state index in [0.717, 1.165) is 32.1 Å². The maximum atomic E-state index is 9.90. The van der Waals surface area contributed by atoms with E-state index in [2.05, 4.69) is 6.92 Å². The van der Waals surface area contributed by atoms with Crippen LogP contribution in [0.4, 0.5) is 0 Å².